The predicted octanol–water partition coefficient (Wildman–Crippen LogP) is 4.91. The summed E-state index contributed by atoms with van der Waals surface area (Å²) in [7, 11) is 1.76. The Bertz CT molecular complexity index is 1270. The molecule has 0 bridgehead atoms. The summed E-state index contributed by atoms with van der Waals surface area (Å²) < 4.78 is 0. The van der Waals surface area contributed by atoms with Crippen LogP contribution in [0.1, 0.15) is 49.7 Å². The Hall–Kier alpha value is -4.14. The molecule has 2 aromatic carbocycles. The molecule has 0 spiro atoms. The number of para-hydroxylation sites is 1. The number of anilines is 3. The van der Waals surface area contributed by atoms with Gasteiger partial charge in [0.25, 0.3) is 5.91 Å². The number of benzene rings is 2. The third-order valence-electron chi connectivity index (χ3n) is 7.23. The number of imidazole rings is 1. The highest BCUT2D eigenvalue weighted by Crippen LogP contribution is 2.37. The average Bonchev–Trinajstić information content (AvgIpc) is 3.25. The first-order chi connectivity index (χ1) is 18.0. The maximum atomic E-state index is 14.0. The van der Waals surface area contributed by atoms with E-state index in [2.05, 4.69) is 25.9 Å². The molecule has 9 nitrogen and oxygen atoms in total. The van der Waals surface area contributed by atoms with Crippen molar-refractivity contribution in [1.82, 2.24) is 15.3 Å². The first-order valence-corrected chi connectivity index (χ1v) is 12.9. The summed E-state index contributed by atoms with van der Waals surface area (Å²) in [6, 6.07) is 14.8. The molecular formula is C28H33N7O2. The molecular weight excluding hydrogens is 466 g/mol. The molecule has 5 rings (SSSR count). The number of hydrogen-bond acceptors (Lipinski definition) is 5. The Morgan fingerprint density at radius 1 is 1.11 bits per heavy atom. The van der Waals surface area contributed by atoms with Gasteiger partial charge in [-0.05, 0) is 36.6 Å². The van der Waals surface area contributed by atoms with E-state index in [1.807, 2.05) is 48.5 Å². The lowest BCUT2D eigenvalue weighted by atomic mass is 9.85. The molecule has 4 N–H and O–H groups in total. The van der Waals surface area contributed by atoms with Crippen molar-refractivity contribution >= 4 is 35.5 Å². The van der Waals surface area contributed by atoms with Crippen molar-refractivity contribution in [3.8, 4) is 0 Å². The van der Waals surface area contributed by atoms with Gasteiger partial charge >= 0.3 is 6.03 Å². The van der Waals surface area contributed by atoms with Crippen molar-refractivity contribution in [3.63, 3.8) is 0 Å². The molecule has 0 radical (unpaired) electrons. The highest BCUT2D eigenvalue weighted by Gasteiger charge is 2.49. The standard InChI is InChI=1S/C28H33N7O2/c1-35-24-14-7-6-10-21(24)19-32-28(25(35)36,22-11-4-2-3-5-12-22)34-27(37)33-23-13-8-9-20(17-23)18-31-26-29-15-16-30-26/h6-10,13-17,19,22H,2-5,11-12,18H2,1H3,(H2,29,30,31)(H2,33,34,37). The molecule has 2 aliphatic rings. The van der Waals surface area contributed by atoms with Crippen LogP contribution in [-0.4, -0.2) is 40.8 Å². The van der Waals surface area contributed by atoms with Crippen molar-refractivity contribution in [3.05, 3.63) is 72.1 Å². The number of urea groups is 1. The fraction of sp³-hybridized carbons (Fsp3) is 0.357. The van der Waals surface area contributed by atoms with Gasteiger partial charge in [0, 0.05) is 49.4 Å². The molecule has 192 valence electrons. The van der Waals surface area contributed by atoms with Crippen LogP contribution in [0.2, 0.25) is 0 Å². The fourth-order valence-corrected chi connectivity index (χ4v) is 5.30. The number of amides is 3. The summed E-state index contributed by atoms with van der Waals surface area (Å²) in [5.74, 6) is 0.369. The number of aromatic amines is 1. The van der Waals surface area contributed by atoms with Crippen LogP contribution in [0.5, 0.6) is 0 Å². The lowest BCUT2D eigenvalue weighted by Crippen LogP contribution is -2.62. The van der Waals surface area contributed by atoms with Crippen LogP contribution in [0.3, 0.4) is 0 Å². The lowest BCUT2D eigenvalue weighted by molar-refractivity contribution is -0.126. The van der Waals surface area contributed by atoms with E-state index in [-0.39, 0.29) is 11.8 Å². The first kappa shape index (κ1) is 24.5. The minimum absolute atomic E-state index is 0.0925. The third kappa shape index (κ3) is 5.35. The first-order valence-electron chi connectivity index (χ1n) is 12.9. The molecule has 1 unspecified atom stereocenters. The van der Waals surface area contributed by atoms with Crippen LogP contribution in [0.4, 0.5) is 22.1 Å². The normalized spacial score (nSPS) is 20.0. The number of carbonyl (C=O) groups is 2. The Balaban J connectivity index is 1.38. The van der Waals surface area contributed by atoms with Crippen LogP contribution < -0.4 is 20.9 Å². The second-order valence-corrected chi connectivity index (χ2v) is 9.71. The lowest BCUT2D eigenvalue weighted by Gasteiger charge is -2.38. The second kappa shape index (κ2) is 10.9. The number of nitrogens with one attached hydrogen (secondary N) is 4. The van der Waals surface area contributed by atoms with Crippen molar-refractivity contribution in [1.29, 1.82) is 0 Å². The van der Waals surface area contributed by atoms with E-state index in [0.29, 0.717) is 18.2 Å². The summed E-state index contributed by atoms with van der Waals surface area (Å²) in [5, 5.41) is 9.17. The molecule has 1 saturated carbocycles. The molecule has 1 aliphatic carbocycles. The summed E-state index contributed by atoms with van der Waals surface area (Å²) in [5.41, 5.74) is 1.87. The zero-order valence-corrected chi connectivity index (χ0v) is 21.0. The molecule has 3 aromatic rings. The number of hydrogen-bond donors (Lipinski definition) is 4. The zero-order valence-electron chi connectivity index (χ0n) is 21.0. The van der Waals surface area contributed by atoms with Crippen molar-refractivity contribution in [2.75, 3.05) is 22.6 Å². The molecule has 0 saturated heterocycles. The highest BCUT2D eigenvalue weighted by molar-refractivity contribution is 6.09. The van der Waals surface area contributed by atoms with Crippen LogP contribution in [0.25, 0.3) is 0 Å². The summed E-state index contributed by atoms with van der Waals surface area (Å²) >= 11 is 0. The topological polar surface area (TPSA) is 115 Å². The van der Waals surface area contributed by atoms with Gasteiger partial charge in [-0.25, -0.2) is 9.78 Å². The van der Waals surface area contributed by atoms with Gasteiger partial charge < -0.3 is 25.8 Å². The van der Waals surface area contributed by atoms with Gasteiger partial charge in [-0.1, -0.05) is 56.0 Å². The Labute approximate surface area is 216 Å². The highest BCUT2D eigenvalue weighted by atomic mass is 16.2. The molecule has 1 aliphatic heterocycles. The summed E-state index contributed by atoms with van der Waals surface area (Å²) in [6.45, 7) is 0.544. The quantitative estimate of drug-likeness (QED) is 0.361. The van der Waals surface area contributed by atoms with Gasteiger partial charge in [-0.2, -0.15) is 0 Å². The Kier molecular flexibility index (Phi) is 7.20. The fourth-order valence-electron chi connectivity index (χ4n) is 5.30. The smallest absolute Gasteiger partial charge is 0.321 e. The number of aromatic nitrogens is 2. The van der Waals surface area contributed by atoms with E-state index < -0.39 is 11.7 Å². The number of nitrogens with zero attached hydrogens (tertiary/aromatic N) is 3. The van der Waals surface area contributed by atoms with E-state index in [9.17, 15) is 9.59 Å². The summed E-state index contributed by atoms with van der Waals surface area (Å²) in [6.07, 6.45) is 11.1. The molecule has 1 fully saturated rings. The van der Waals surface area contributed by atoms with Gasteiger partial charge in [-0.3, -0.25) is 9.79 Å². The van der Waals surface area contributed by atoms with Crippen LogP contribution >= 0.6 is 0 Å². The van der Waals surface area contributed by atoms with Crippen molar-refractivity contribution < 1.29 is 9.59 Å². The maximum Gasteiger partial charge on any atom is 0.321 e. The molecule has 1 aromatic heterocycles. The Morgan fingerprint density at radius 3 is 2.70 bits per heavy atom. The monoisotopic (exact) mass is 499 g/mol. The summed E-state index contributed by atoms with van der Waals surface area (Å²) in [4.78, 5) is 41.1. The zero-order chi connectivity index (χ0) is 25.7. The van der Waals surface area contributed by atoms with E-state index in [0.717, 1.165) is 55.3 Å². The van der Waals surface area contributed by atoms with Gasteiger partial charge in [-0.15, -0.1) is 0 Å². The average molecular weight is 500 g/mol. The van der Waals surface area contributed by atoms with Gasteiger partial charge in [0.05, 0.1) is 5.69 Å². The number of carbonyl (C=O) groups excluding carboxylic acids is 2. The molecule has 2 heterocycles. The largest absolute Gasteiger partial charge is 0.352 e. The third-order valence-corrected chi connectivity index (χ3v) is 7.23. The number of aliphatic imine (C=N–C) groups is 1. The van der Waals surface area contributed by atoms with Crippen molar-refractivity contribution in [2.24, 2.45) is 10.9 Å². The molecule has 1 atom stereocenters. The van der Waals surface area contributed by atoms with Gasteiger partial charge in [0.1, 0.15) is 0 Å². The SMILES string of the molecule is CN1C(=O)C(NC(=O)Nc2cccc(CNc3ncc[nH]3)c2)(C2CCCCCC2)N=Cc2ccccc21. The van der Waals surface area contributed by atoms with E-state index >= 15 is 0 Å². The van der Waals surface area contributed by atoms with Crippen LogP contribution in [0.15, 0.2) is 65.9 Å². The number of rotatable bonds is 6. The number of likely N-dealkylation sites (N-methyl/N-ethyl adjacent to an activating group) is 1. The molecule has 9 heteroatoms. The minimum atomic E-state index is -1.37. The number of H-pyrrole nitrogens is 1. The van der Waals surface area contributed by atoms with Crippen LogP contribution in [-0.2, 0) is 11.3 Å². The van der Waals surface area contributed by atoms with Crippen molar-refractivity contribution in [2.45, 2.75) is 50.7 Å². The van der Waals surface area contributed by atoms with Gasteiger partial charge in [0.2, 0.25) is 5.66 Å². The van der Waals surface area contributed by atoms with Crippen LogP contribution in [0, 0.1) is 5.92 Å². The van der Waals surface area contributed by atoms with E-state index in [1.165, 1.54) is 0 Å². The predicted molar refractivity (Wildman–Crippen MR) is 146 cm³/mol. The molecule has 3 amide bonds. The number of fused-ring (bicyclic) bond motifs is 1. The maximum absolute atomic E-state index is 14.0. The van der Waals surface area contributed by atoms with Gasteiger partial charge in [0.15, 0.2) is 5.95 Å². The van der Waals surface area contributed by atoms with E-state index in [4.69, 9.17) is 4.99 Å². The Morgan fingerprint density at radius 2 is 1.92 bits per heavy atom. The minimum Gasteiger partial charge on any atom is -0.352 e. The second-order valence-electron chi connectivity index (χ2n) is 9.71. The molecule has 37 heavy (non-hydrogen) atoms. The number of benzodiazepines with no additional fused rings is 1. The van der Waals surface area contributed by atoms with E-state index in [1.54, 1.807) is 30.6 Å².